The van der Waals surface area contributed by atoms with Crippen LogP contribution in [0.1, 0.15) is 11.1 Å². The van der Waals surface area contributed by atoms with Gasteiger partial charge in [-0.15, -0.1) is 0 Å². The molecule has 0 saturated carbocycles. The molecule has 0 aliphatic rings. The highest BCUT2D eigenvalue weighted by Gasteiger charge is 2.10. The molecule has 2 rings (SSSR count). The van der Waals surface area contributed by atoms with E-state index in [0.717, 1.165) is 11.1 Å². The number of nitrogens with one attached hydrogen (secondary N) is 2. The lowest BCUT2D eigenvalue weighted by Crippen LogP contribution is -2.33. The molecule has 0 unspecified atom stereocenters. The fourth-order valence-corrected chi connectivity index (χ4v) is 2.23. The van der Waals surface area contributed by atoms with Gasteiger partial charge in [0.2, 0.25) is 11.8 Å². The van der Waals surface area contributed by atoms with Gasteiger partial charge in [-0.25, -0.2) is 0 Å². The Morgan fingerprint density at radius 1 is 0.960 bits per heavy atom. The molecule has 0 bridgehead atoms. The highest BCUT2D eigenvalue weighted by molar-refractivity contribution is 5.96. The molecule has 0 spiro atoms. The number of hydrogen-bond acceptors (Lipinski definition) is 4. The summed E-state index contributed by atoms with van der Waals surface area (Å²) in [5, 5.41) is 5.31. The highest BCUT2D eigenvalue weighted by Crippen LogP contribution is 2.28. The van der Waals surface area contributed by atoms with Gasteiger partial charge in [0.05, 0.1) is 32.9 Å². The van der Waals surface area contributed by atoms with E-state index in [0.29, 0.717) is 17.2 Å². The monoisotopic (exact) mass is 342 g/mol. The molecule has 0 aliphatic carbocycles. The average Bonchev–Trinajstić information content (AvgIpc) is 2.62. The Hall–Kier alpha value is -3.02. The second-order valence-corrected chi connectivity index (χ2v) is 5.55. The molecule has 0 fully saturated rings. The first-order valence-electron chi connectivity index (χ1n) is 7.86. The maximum Gasteiger partial charge on any atom is 0.243 e. The molecule has 6 heteroatoms. The van der Waals surface area contributed by atoms with E-state index >= 15 is 0 Å². The summed E-state index contributed by atoms with van der Waals surface area (Å²) < 4.78 is 10.3. The van der Waals surface area contributed by atoms with Gasteiger partial charge in [0.1, 0.15) is 11.5 Å². The Balaban J connectivity index is 1.86. The highest BCUT2D eigenvalue weighted by atomic mass is 16.5. The fraction of sp³-hybridized carbons (Fsp3) is 0.263. The summed E-state index contributed by atoms with van der Waals surface area (Å²) in [6.45, 7) is 1.88. The molecule has 25 heavy (non-hydrogen) atoms. The van der Waals surface area contributed by atoms with Crippen LogP contribution in [0.15, 0.2) is 42.5 Å². The zero-order valence-corrected chi connectivity index (χ0v) is 14.6. The Morgan fingerprint density at radius 3 is 2.32 bits per heavy atom. The van der Waals surface area contributed by atoms with Crippen LogP contribution in [0.3, 0.4) is 0 Å². The van der Waals surface area contributed by atoms with Gasteiger partial charge in [0, 0.05) is 6.07 Å². The first-order valence-corrected chi connectivity index (χ1v) is 7.86. The SMILES string of the molecule is COc1ccc(NC(=O)CNC(=O)Cc2ccc(C)cc2)c(OC)c1. The molecule has 132 valence electrons. The van der Waals surface area contributed by atoms with Crippen molar-refractivity contribution in [2.45, 2.75) is 13.3 Å². The lowest BCUT2D eigenvalue weighted by Gasteiger charge is -2.12. The Morgan fingerprint density at radius 2 is 1.68 bits per heavy atom. The molecule has 2 amide bonds. The van der Waals surface area contributed by atoms with Gasteiger partial charge in [-0.3, -0.25) is 9.59 Å². The van der Waals surface area contributed by atoms with E-state index in [1.54, 1.807) is 25.3 Å². The van der Waals surface area contributed by atoms with Gasteiger partial charge in [-0.05, 0) is 24.6 Å². The van der Waals surface area contributed by atoms with Crippen molar-refractivity contribution in [2.75, 3.05) is 26.1 Å². The van der Waals surface area contributed by atoms with Crippen LogP contribution in [0, 0.1) is 6.92 Å². The number of amides is 2. The third kappa shape index (κ3) is 5.53. The molecule has 2 N–H and O–H groups in total. The minimum Gasteiger partial charge on any atom is -0.497 e. The zero-order valence-electron chi connectivity index (χ0n) is 14.6. The minimum atomic E-state index is -0.333. The molecule has 0 aromatic heterocycles. The van der Waals surface area contributed by atoms with Crippen molar-refractivity contribution in [1.82, 2.24) is 5.32 Å². The summed E-state index contributed by atoms with van der Waals surface area (Å²) in [5.74, 6) is 0.571. The van der Waals surface area contributed by atoms with E-state index in [4.69, 9.17) is 9.47 Å². The van der Waals surface area contributed by atoms with Crippen molar-refractivity contribution in [2.24, 2.45) is 0 Å². The van der Waals surface area contributed by atoms with Crippen molar-refractivity contribution in [1.29, 1.82) is 0 Å². The Kier molecular flexibility index (Phi) is 6.39. The van der Waals surface area contributed by atoms with Gasteiger partial charge in [0.25, 0.3) is 0 Å². The van der Waals surface area contributed by atoms with Crippen LogP contribution < -0.4 is 20.1 Å². The average molecular weight is 342 g/mol. The van der Waals surface area contributed by atoms with Crippen LogP contribution in [0.25, 0.3) is 0 Å². The largest absolute Gasteiger partial charge is 0.497 e. The van der Waals surface area contributed by atoms with Crippen molar-refractivity contribution in [3.05, 3.63) is 53.6 Å². The lowest BCUT2D eigenvalue weighted by atomic mass is 10.1. The summed E-state index contributed by atoms with van der Waals surface area (Å²) in [5.41, 5.74) is 2.55. The second-order valence-electron chi connectivity index (χ2n) is 5.55. The van der Waals surface area contributed by atoms with Crippen molar-refractivity contribution >= 4 is 17.5 Å². The number of rotatable bonds is 7. The maximum absolute atomic E-state index is 12.0. The first kappa shape index (κ1) is 18.3. The topological polar surface area (TPSA) is 76.7 Å². The standard InChI is InChI=1S/C19H22N2O4/c1-13-4-6-14(7-5-13)10-18(22)20-12-19(23)21-16-9-8-15(24-2)11-17(16)25-3/h4-9,11H,10,12H2,1-3H3,(H,20,22)(H,21,23). The van der Waals surface area contributed by atoms with Gasteiger partial charge in [-0.2, -0.15) is 0 Å². The molecule has 0 radical (unpaired) electrons. The van der Waals surface area contributed by atoms with E-state index in [1.807, 2.05) is 31.2 Å². The third-order valence-electron chi connectivity index (χ3n) is 3.61. The molecule has 2 aromatic carbocycles. The van der Waals surface area contributed by atoms with E-state index in [9.17, 15) is 9.59 Å². The van der Waals surface area contributed by atoms with E-state index < -0.39 is 0 Å². The molecule has 6 nitrogen and oxygen atoms in total. The van der Waals surface area contributed by atoms with Gasteiger partial charge < -0.3 is 20.1 Å². The molecule has 0 heterocycles. The molecular formula is C19H22N2O4. The predicted octanol–water partition coefficient (Wildman–Crippen LogP) is 2.31. The normalized spacial score (nSPS) is 10.0. The van der Waals surface area contributed by atoms with Crippen LogP contribution in [0.2, 0.25) is 0 Å². The van der Waals surface area contributed by atoms with Gasteiger partial charge >= 0.3 is 0 Å². The van der Waals surface area contributed by atoms with Crippen LogP contribution in [-0.4, -0.2) is 32.6 Å². The summed E-state index contributed by atoms with van der Waals surface area (Å²) in [6, 6.07) is 12.8. The van der Waals surface area contributed by atoms with E-state index in [2.05, 4.69) is 10.6 Å². The molecule has 0 saturated heterocycles. The third-order valence-corrected chi connectivity index (χ3v) is 3.61. The fourth-order valence-electron chi connectivity index (χ4n) is 2.23. The van der Waals surface area contributed by atoms with Crippen LogP contribution >= 0.6 is 0 Å². The minimum absolute atomic E-state index is 0.111. The van der Waals surface area contributed by atoms with Crippen LogP contribution in [0.5, 0.6) is 11.5 Å². The number of methoxy groups -OCH3 is 2. The Bertz CT molecular complexity index is 742. The van der Waals surface area contributed by atoms with E-state index in [1.165, 1.54) is 7.11 Å². The Labute approximate surface area is 147 Å². The smallest absolute Gasteiger partial charge is 0.243 e. The zero-order chi connectivity index (χ0) is 18.2. The number of hydrogen-bond donors (Lipinski definition) is 2. The summed E-state index contributed by atoms with van der Waals surface area (Å²) in [4.78, 5) is 24.0. The van der Waals surface area contributed by atoms with E-state index in [-0.39, 0.29) is 24.8 Å². The summed E-state index contributed by atoms with van der Waals surface area (Å²) in [7, 11) is 3.06. The van der Waals surface area contributed by atoms with Crippen LogP contribution in [0.4, 0.5) is 5.69 Å². The van der Waals surface area contributed by atoms with Crippen molar-refractivity contribution in [3.63, 3.8) is 0 Å². The quantitative estimate of drug-likeness (QED) is 0.809. The summed E-state index contributed by atoms with van der Waals surface area (Å²) in [6.07, 6.45) is 0.236. The molecular weight excluding hydrogens is 320 g/mol. The molecule has 0 atom stereocenters. The van der Waals surface area contributed by atoms with Crippen molar-refractivity contribution in [3.8, 4) is 11.5 Å². The second kappa shape index (κ2) is 8.73. The summed E-state index contributed by atoms with van der Waals surface area (Å²) >= 11 is 0. The number of aryl methyl sites for hydroxylation is 1. The number of ether oxygens (including phenoxy) is 2. The number of carbonyl (C=O) groups is 2. The number of benzene rings is 2. The van der Waals surface area contributed by atoms with Gasteiger partial charge in [-0.1, -0.05) is 29.8 Å². The first-order chi connectivity index (χ1) is 12.0. The molecule has 2 aromatic rings. The maximum atomic E-state index is 12.0. The van der Waals surface area contributed by atoms with Gasteiger partial charge in [0.15, 0.2) is 0 Å². The lowest BCUT2D eigenvalue weighted by molar-refractivity contribution is -0.123. The van der Waals surface area contributed by atoms with Crippen molar-refractivity contribution < 1.29 is 19.1 Å². The number of carbonyl (C=O) groups excluding carboxylic acids is 2. The predicted molar refractivity (Wildman–Crippen MR) is 96.1 cm³/mol. The van der Waals surface area contributed by atoms with Crippen LogP contribution in [-0.2, 0) is 16.0 Å². The number of anilines is 1. The molecule has 0 aliphatic heterocycles.